The van der Waals surface area contributed by atoms with Gasteiger partial charge < -0.3 is 14.5 Å². The van der Waals surface area contributed by atoms with Crippen molar-refractivity contribution in [3.05, 3.63) is 71.5 Å². The molecule has 1 atom stereocenters. The summed E-state index contributed by atoms with van der Waals surface area (Å²) in [5, 5.41) is 3.93. The lowest BCUT2D eigenvalue weighted by molar-refractivity contribution is 0.0643. The smallest absolute Gasteiger partial charge is 0.287 e. The van der Waals surface area contributed by atoms with Crippen LogP contribution in [0.15, 0.2) is 59.0 Å². The van der Waals surface area contributed by atoms with Crippen molar-refractivity contribution in [3.63, 3.8) is 0 Å². The number of furan rings is 1. The number of para-hydroxylation sites is 1. The largest absolute Gasteiger partial charge is 0.451 e. The first-order chi connectivity index (χ1) is 13.1. The number of hydrogen-bond donors (Lipinski definition) is 1. The molecule has 4 heteroatoms. The molecule has 2 aromatic carbocycles. The number of nitrogens with one attached hydrogen (secondary N) is 1. The highest BCUT2D eigenvalue weighted by atomic mass is 16.5. The highest BCUT2D eigenvalue weighted by Gasteiger charge is 2.20. The summed E-state index contributed by atoms with van der Waals surface area (Å²) in [5.41, 5.74) is 2.80. The van der Waals surface area contributed by atoms with Gasteiger partial charge in [-0.1, -0.05) is 55.5 Å². The maximum absolute atomic E-state index is 12.7. The van der Waals surface area contributed by atoms with E-state index in [1.165, 1.54) is 5.56 Å². The maximum atomic E-state index is 12.7. The van der Waals surface area contributed by atoms with Crippen molar-refractivity contribution in [1.29, 1.82) is 0 Å². The Morgan fingerprint density at radius 1 is 1.04 bits per heavy atom. The second-order valence-corrected chi connectivity index (χ2v) is 7.12. The highest BCUT2D eigenvalue weighted by Crippen LogP contribution is 2.27. The minimum absolute atomic E-state index is 0.0845. The van der Waals surface area contributed by atoms with Gasteiger partial charge in [-0.15, -0.1) is 0 Å². The predicted octanol–water partition coefficient (Wildman–Crippen LogP) is 5.28. The molecule has 0 aliphatic heterocycles. The van der Waals surface area contributed by atoms with Crippen molar-refractivity contribution in [2.75, 3.05) is 6.54 Å². The maximum Gasteiger partial charge on any atom is 0.287 e. The lowest BCUT2D eigenvalue weighted by atomic mass is 9.98. The van der Waals surface area contributed by atoms with E-state index >= 15 is 0 Å². The van der Waals surface area contributed by atoms with E-state index in [-0.39, 0.29) is 12.0 Å². The molecule has 0 saturated heterocycles. The number of hydrogen-bond acceptors (Lipinski definition) is 3. The number of rotatable bonds is 8. The van der Waals surface area contributed by atoms with Gasteiger partial charge in [-0.3, -0.25) is 4.79 Å². The molecule has 0 aliphatic rings. The molecular weight excluding hydrogens is 338 g/mol. The second kappa shape index (κ2) is 8.87. The third-order valence-electron chi connectivity index (χ3n) is 4.70. The number of amides is 1. The number of fused-ring (bicyclic) bond motifs is 1. The van der Waals surface area contributed by atoms with Crippen LogP contribution in [0.2, 0.25) is 0 Å². The Morgan fingerprint density at radius 3 is 2.48 bits per heavy atom. The zero-order valence-electron chi connectivity index (χ0n) is 16.2. The van der Waals surface area contributed by atoms with Crippen LogP contribution in [0.4, 0.5) is 0 Å². The van der Waals surface area contributed by atoms with Gasteiger partial charge in [-0.2, -0.15) is 0 Å². The van der Waals surface area contributed by atoms with E-state index in [1.54, 1.807) is 0 Å². The summed E-state index contributed by atoms with van der Waals surface area (Å²) in [5.74, 6) is 0.545. The molecule has 0 bridgehead atoms. The van der Waals surface area contributed by atoms with Crippen LogP contribution in [0.25, 0.3) is 11.0 Å². The first-order valence-electron chi connectivity index (χ1n) is 9.51. The van der Waals surface area contributed by atoms with E-state index in [1.807, 2.05) is 56.3 Å². The van der Waals surface area contributed by atoms with Gasteiger partial charge in [0.2, 0.25) is 0 Å². The van der Waals surface area contributed by atoms with Gasteiger partial charge in [0.25, 0.3) is 5.91 Å². The molecule has 1 heterocycles. The van der Waals surface area contributed by atoms with Crippen molar-refractivity contribution in [1.82, 2.24) is 5.32 Å². The second-order valence-electron chi connectivity index (χ2n) is 7.12. The number of ether oxygens (including phenoxy) is 1. The van der Waals surface area contributed by atoms with Crippen molar-refractivity contribution in [3.8, 4) is 0 Å². The molecular formula is C23H27NO3. The summed E-state index contributed by atoms with van der Waals surface area (Å²) in [6, 6.07) is 18.0. The van der Waals surface area contributed by atoms with Crippen LogP contribution in [0, 0.1) is 0 Å². The van der Waals surface area contributed by atoms with Crippen molar-refractivity contribution < 1.29 is 13.9 Å². The lowest BCUT2D eigenvalue weighted by Crippen LogP contribution is -2.26. The number of benzene rings is 2. The van der Waals surface area contributed by atoms with E-state index in [4.69, 9.17) is 9.15 Å². The topological polar surface area (TPSA) is 51.5 Å². The van der Waals surface area contributed by atoms with Crippen LogP contribution in [0.3, 0.4) is 0 Å². The zero-order chi connectivity index (χ0) is 19.2. The van der Waals surface area contributed by atoms with Crippen LogP contribution < -0.4 is 5.32 Å². The SMILES string of the molecule is CC(C)OCc1c(C(=O)NCCC(C)c2ccccc2)oc2ccccc12. The minimum atomic E-state index is -0.186. The highest BCUT2D eigenvalue weighted by molar-refractivity contribution is 5.99. The molecule has 1 N–H and O–H groups in total. The fourth-order valence-electron chi connectivity index (χ4n) is 3.11. The summed E-state index contributed by atoms with van der Waals surface area (Å²) in [4.78, 5) is 12.7. The molecule has 0 radical (unpaired) electrons. The molecule has 3 aromatic rings. The normalized spacial score (nSPS) is 12.4. The van der Waals surface area contributed by atoms with Gasteiger partial charge in [0.05, 0.1) is 12.7 Å². The first-order valence-corrected chi connectivity index (χ1v) is 9.51. The van der Waals surface area contributed by atoms with Crippen molar-refractivity contribution in [2.24, 2.45) is 0 Å². The van der Waals surface area contributed by atoms with Gasteiger partial charge in [0.15, 0.2) is 5.76 Å². The van der Waals surface area contributed by atoms with Crippen molar-refractivity contribution in [2.45, 2.75) is 45.8 Å². The molecule has 0 saturated carbocycles. The van der Waals surface area contributed by atoms with Gasteiger partial charge in [-0.05, 0) is 37.8 Å². The monoisotopic (exact) mass is 365 g/mol. The first kappa shape index (κ1) is 19.2. The Balaban J connectivity index is 1.68. The minimum Gasteiger partial charge on any atom is -0.451 e. The number of carbonyl (C=O) groups excluding carboxylic acids is 1. The van der Waals surface area contributed by atoms with E-state index in [0.717, 1.165) is 17.4 Å². The summed E-state index contributed by atoms with van der Waals surface area (Å²) in [7, 11) is 0. The quantitative estimate of drug-likeness (QED) is 0.591. The predicted molar refractivity (Wildman–Crippen MR) is 108 cm³/mol. The van der Waals surface area contributed by atoms with E-state index in [0.29, 0.717) is 30.4 Å². The molecule has 0 aliphatic carbocycles. The van der Waals surface area contributed by atoms with Gasteiger partial charge in [0, 0.05) is 17.5 Å². The summed E-state index contributed by atoms with van der Waals surface area (Å²) >= 11 is 0. The van der Waals surface area contributed by atoms with Crippen LogP contribution in [-0.2, 0) is 11.3 Å². The molecule has 3 rings (SSSR count). The van der Waals surface area contributed by atoms with E-state index in [2.05, 4.69) is 24.4 Å². The van der Waals surface area contributed by atoms with Gasteiger partial charge in [-0.25, -0.2) is 0 Å². The van der Waals surface area contributed by atoms with Crippen LogP contribution in [0.5, 0.6) is 0 Å². The standard InChI is InChI=1S/C23H27NO3/c1-16(2)26-15-20-19-11-7-8-12-21(19)27-22(20)23(25)24-14-13-17(3)18-9-5-4-6-10-18/h4-12,16-17H,13-15H2,1-3H3,(H,24,25). The summed E-state index contributed by atoms with van der Waals surface area (Å²) < 4.78 is 11.6. The Labute approximate surface area is 160 Å². The fraction of sp³-hybridized carbons (Fsp3) is 0.348. The summed E-state index contributed by atoms with van der Waals surface area (Å²) in [6.45, 7) is 7.08. The van der Waals surface area contributed by atoms with E-state index < -0.39 is 0 Å². The number of carbonyl (C=O) groups is 1. The molecule has 142 valence electrons. The lowest BCUT2D eigenvalue weighted by Gasteiger charge is -2.12. The Hall–Kier alpha value is -2.59. The molecule has 1 amide bonds. The average molecular weight is 365 g/mol. The molecule has 1 aromatic heterocycles. The third-order valence-corrected chi connectivity index (χ3v) is 4.70. The Bertz CT molecular complexity index is 883. The van der Waals surface area contributed by atoms with Gasteiger partial charge in [0.1, 0.15) is 5.58 Å². The summed E-state index contributed by atoms with van der Waals surface area (Å²) in [6.07, 6.45) is 0.953. The molecule has 0 spiro atoms. The molecule has 27 heavy (non-hydrogen) atoms. The van der Waals surface area contributed by atoms with Gasteiger partial charge >= 0.3 is 0 Å². The van der Waals surface area contributed by atoms with E-state index in [9.17, 15) is 4.79 Å². The van der Waals surface area contributed by atoms with Crippen LogP contribution in [0.1, 0.15) is 54.8 Å². The van der Waals surface area contributed by atoms with Crippen molar-refractivity contribution >= 4 is 16.9 Å². The molecule has 4 nitrogen and oxygen atoms in total. The average Bonchev–Trinajstić information content (AvgIpc) is 3.05. The Morgan fingerprint density at radius 2 is 1.74 bits per heavy atom. The molecule has 1 unspecified atom stereocenters. The third kappa shape index (κ3) is 4.77. The fourth-order valence-corrected chi connectivity index (χ4v) is 3.11. The zero-order valence-corrected chi connectivity index (χ0v) is 16.2. The Kier molecular flexibility index (Phi) is 6.30. The molecule has 0 fully saturated rings. The van der Waals surface area contributed by atoms with Crippen LogP contribution >= 0.6 is 0 Å². The van der Waals surface area contributed by atoms with Crippen LogP contribution in [-0.4, -0.2) is 18.6 Å².